The Morgan fingerprint density at radius 1 is 0.947 bits per heavy atom. The number of rotatable bonds is 2. The minimum Gasteiger partial charge on any atom is -0.508 e. The second-order valence-electron chi connectivity index (χ2n) is 6.22. The summed E-state index contributed by atoms with van der Waals surface area (Å²) in [4.78, 5) is 0. The van der Waals surface area contributed by atoms with Crippen LogP contribution in [0.15, 0.2) is 42.5 Å². The topological polar surface area (TPSA) is 20.2 Å². The first-order valence-corrected chi connectivity index (χ1v) is 6.75. The second-order valence-corrected chi connectivity index (χ2v) is 6.22. The maximum Gasteiger partial charge on any atom is 0.119 e. The van der Waals surface area contributed by atoms with E-state index in [-0.39, 0.29) is 5.41 Å². The van der Waals surface area contributed by atoms with E-state index < -0.39 is 0 Å². The van der Waals surface area contributed by atoms with E-state index in [1.165, 1.54) is 16.7 Å². The van der Waals surface area contributed by atoms with Gasteiger partial charge in [0.25, 0.3) is 0 Å². The largest absolute Gasteiger partial charge is 0.508 e. The summed E-state index contributed by atoms with van der Waals surface area (Å²) in [6.45, 7) is 8.82. The monoisotopic (exact) mass is 254 g/mol. The van der Waals surface area contributed by atoms with Crippen LogP contribution in [0.1, 0.15) is 43.0 Å². The highest BCUT2D eigenvalue weighted by atomic mass is 16.3. The zero-order valence-corrected chi connectivity index (χ0v) is 12.2. The average Bonchev–Trinajstić information content (AvgIpc) is 2.33. The normalized spacial score (nSPS) is 11.6. The van der Waals surface area contributed by atoms with Gasteiger partial charge in [0, 0.05) is 6.42 Å². The molecule has 100 valence electrons. The van der Waals surface area contributed by atoms with Crippen LogP contribution in [0.2, 0.25) is 0 Å². The number of aryl methyl sites for hydroxylation is 1. The van der Waals surface area contributed by atoms with Gasteiger partial charge in [-0.25, -0.2) is 0 Å². The summed E-state index contributed by atoms with van der Waals surface area (Å²) in [7, 11) is 0. The molecule has 0 atom stereocenters. The second kappa shape index (κ2) is 5.08. The first-order valence-electron chi connectivity index (χ1n) is 6.75. The molecule has 2 aromatic rings. The molecule has 19 heavy (non-hydrogen) atoms. The molecule has 2 rings (SSSR count). The zero-order valence-electron chi connectivity index (χ0n) is 12.2. The Morgan fingerprint density at radius 2 is 1.63 bits per heavy atom. The highest BCUT2D eigenvalue weighted by Gasteiger charge is 2.18. The van der Waals surface area contributed by atoms with Crippen LogP contribution >= 0.6 is 0 Å². The first-order chi connectivity index (χ1) is 8.88. The van der Waals surface area contributed by atoms with E-state index in [0.29, 0.717) is 5.75 Å². The van der Waals surface area contributed by atoms with Crippen molar-refractivity contribution >= 4 is 0 Å². The molecule has 0 aliphatic carbocycles. The van der Waals surface area contributed by atoms with Crippen LogP contribution in [-0.4, -0.2) is 5.11 Å². The van der Waals surface area contributed by atoms with E-state index in [2.05, 4.69) is 45.9 Å². The minimum absolute atomic E-state index is 0.117. The lowest BCUT2D eigenvalue weighted by molar-refractivity contribution is 0.469. The molecule has 1 N–H and O–H groups in total. The molecule has 0 saturated carbocycles. The Hall–Kier alpha value is -1.76. The molecule has 0 spiro atoms. The van der Waals surface area contributed by atoms with Gasteiger partial charge in [-0.3, -0.25) is 0 Å². The van der Waals surface area contributed by atoms with E-state index >= 15 is 0 Å². The fourth-order valence-electron chi connectivity index (χ4n) is 2.41. The lowest BCUT2D eigenvalue weighted by atomic mass is 9.81. The van der Waals surface area contributed by atoms with Crippen LogP contribution in [0.25, 0.3) is 0 Å². The summed E-state index contributed by atoms with van der Waals surface area (Å²) in [6, 6.07) is 14.2. The fraction of sp³-hybridized carbons (Fsp3) is 0.333. The van der Waals surface area contributed by atoms with Gasteiger partial charge in [-0.15, -0.1) is 0 Å². The lowest BCUT2D eigenvalue weighted by Gasteiger charge is -2.24. The number of para-hydroxylation sites is 1. The third-order valence-corrected chi connectivity index (χ3v) is 3.45. The molecule has 0 aliphatic heterocycles. The van der Waals surface area contributed by atoms with Gasteiger partial charge in [-0.05, 0) is 35.1 Å². The van der Waals surface area contributed by atoms with Crippen molar-refractivity contribution in [2.45, 2.75) is 39.5 Å². The standard InChI is InChI=1S/C18H22O/c1-13-9-10-14(16(11-13)18(2,3)4)12-15-7-5-6-8-17(15)19/h5-11,19H,12H2,1-4H3. The van der Waals surface area contributed by atoms with Crippen molar-refractivity contribution in [1.82, 2.24) is 0 Å². The van der Waals surface area contributed by atoms with E-state index in [0.717, 1.165) is 12.0 Å². The van der Waals surface area contributed by atoms with Crippen LogP contribution in [-0.2, 0) is 11.8 Å². The average molecular weight is 254 g/mol. The molecule has 0 aromatic heterocycles. The lowest BCUT2D eigenvalue weighted by Crippen LogP contribution is -2.14. The van der Waals surface area contributed by atoms with Crippen LogP contribution in [0.3, 0.4) is 0 Å². The predicted octanol–water partition coefficient (Wildman–Crippen LogP) is 4.59. The van der Waals surface area contributed by atoms with Crippen LogP contribution in [0.5, 0.6) is 5.75 Å². The third-order valence-electron chi connectivity index (χ3n) is 3.45. The summed E-state index contributed by atoms with van der Waals surface area (Å²) in [6.07, 6.45) is 0.777. The molecule has 0 saturated heterocycles. The van der Waals surface area contributed by atoms with Crippen molar-refractivity contribution in [1.29, 1.82) is 0 Å². The Bertz CT molecular complexity index is 576. The molecule has 0 bridgehead atoms. The maximum absolute atomic E-state index is 9.92. The molecule has 0 unspecified atom stereocenters. The van der Waals surface area contributed by atoms with Crippen molar-refractivity contribution < 1.29 is 5.11 Å². The van der Waals surface area contributed by atoms with E-state index in [4.69, 9.17) is 0 Å². The molecular weight excluding hydrogens is 232 g/mol. The Kier molecular flexibility index (Phi) is 3.66. The summed E-state index contributed by atoms with van der Waals surface area (Å²) in [5, 5.41) is 9.92. The predicted molar refractivity (Wildman–Crippen MR) is 80.8 cm³/mol. The van der Waals surface area contributed by atoms with Crippen molar-refractivity contribution in [2.75, 3.05) is 0 Å². The summed E-state index contributed by atoms with van der Waals surface area (Å²) < 4.78 is 0. The Balaban J connectivity index is 2.44. The Labute approximate surface area is 115 Å². The van der Waals surface area contributed by atoms with Gasteiger partial charge < -0.3 is 5.11 Å². The third kappa shape index (κ3) is 3.17. The first kappa shape index (κ1) is 13.7. The molecule has 0 fully saturated rings. The van der Waals surface area contributed by atoms with Gasteiger partial charge in [0.15, 0.2) is 0 Å². The molecule has 1 nitrogen and oxygen atoms in total. The zero-order chi connectivity index (χ0) is 14.0. The molecule has 1 heteroatoms. The van der Waals surface area contributed by atoms with Crippen LogP contribution in [0.4, 0.5) is 0 Å². The van der Waals surface area contributed by atoms with Gasteiger partial charge in [-0.2, -0.15) is 0 Å². The SMILES string of the molecule is Cc1ccc(Cc2ccccc2O)c(C(C)(C)C)c1. The van der Waals surface area contributed by atoms with Gasteiger partial charge in [0.2, 0.25) is 0 Å². The minimum atomic E-state index is 0.117. The number of hydrogen-bond acceptors (Lipinski definition) is 1. The summed E-state index contributed by atoms with van der Waals surface area (Å²) >= 11 is 0. The van der Waals surface area contributed by atoms with Gasteiger partial charge in [0.05, 0.1) is 0 Å². The fourth-order valence-corrected chi connectivity index (χ4v) is 2.41. The highest BCUT2D eigenvalue weighted by molar-refractivity contribution is 5.42. The Morgan fingerprint density at radius 3 is 2.26 bits per heavy atom. The number of aromatic hydroxyl groups is 1. The van der Waals surface area contributed by atoms with Gasteiger partial charge in [-0.1, -0.05) is 62.7 Å². The van der Waals surface area contributed by atoms with Crippen LogP contribution < -0.4 is 0 Å². The smallest absolute Gasteiger partial charge is 0.119 e. The number of phenols is 1. The van der Waals surface area contributed by atoms with E-state index in [9.17, 15) is 5.11 Å². The molecule has 2 aromatic carbocycles. The quantitative estimate of drug-likeness (QED) is 0.831. The van der Waals surface area contributed by atoms with E-state index in [1.54, 1.807) is 6.07 Å². The number of hydrogen-bond donors (Lipinski definition) is 1. The molecule has 0 radical (unpaired) electrons. The van der Waals surface area contributed by atoms with Crippen molar-refractivity contribution in [2.24, 2.45) is 0 Å². The number of benzene rings is 2. The molecule has 0 amide bonds. The maximum atomic E-state index is 9.92. The van der Waals surface area contributed by atoms with Crippen molar-refractivity contribution in [3.05, 3.63) is 64.7 Å². The van der Waals surface area contributed by atoms with Crippen molar-refractivity contribution in [3.63, 3.8) is 0 Å². The van der Waals surface area contributed by atoms with Gasteiger partial charge in [0.1, 0.15) is 5.75 Å². The number of phenolic OH excluding ortho intramolecular Hbond substituents is 1. The van der Waals surface area contributed by atoms with Crippen LogP contribution in [0, 0.1) is 6.92 Å². The molecule has 0 heterocycles. The molecule has 0 aliphatic rings. The van der Waals surface area contributed by atoms with Gasteiger partial charge >= 0.3 is 0 Å². The van der Waals surface area contributed by atoms with E-state index in [1.807, 2.05) is 18.2 Å². The summed E-state index contributed by atoms with van der Waals surface area (Å²) in [5.74, 6) is 0.378. The highest BCUT2D eigenvalue weighted by Crippen LogP contribution is 2.30. The summed E-state index contributed by atoms with van der Waals surface area (Å²) in [5.41, 5.74) is 5.03. The molecular formula is C18H22O. The van der Waals surface area contributed by atoms with Crippen molar-refractivity contribution in [3.8, 4) is 5.75 Å².